The third kappa shape index (κ3) is 6.08. The maximum atomic E-state index is 14.1. The first-order valence-corrected chi connectivity index (χ1v) is 11.7. The number of hydrogen-bond acceptors (Lipinski definition) is 5. The normalized spacial score (nSPS) is 14.1. The number of halogens is 3. The van der Waals surface area contributed by atoms with Crippen molar-refractivity contribution in [2.75, 3.05) is 26.2 Å². The second-order valence-corrected chi connectivity index (χ2v) is 8.94. The van der Waals surface area contributed by atoms with Crippen molar-refractivity contribution in [3.05, 3.63) is 103 Å². The first kappa shape index (κ1) is 24.9. The van der Waals surface area contributed by atoms with E-state index in [-0.39, 0.29) is 29.0 Å². The lowest BCUT2D eigenvalue weighted by Crippen LogP contribution is -2.48. The summed E-state index contributed by atoms with van der Waals surface area (Å²) in [5.41, 5.74) is 1.75. The van der Waals surface area contributed by atoms with Crippen LogP contribution in [0.4, 0.5) is 10.1 Å². The summed E-state index contributed by atoms with van der Waals surface area (Å²) in [4.78, 5) is 27.1. The van der Waals surface area contributed by atoms with Crippen LogP contribution in [-0.4, -0.2) is 46.8 Å². The molecule has 0 aliphatic carbocycles. The molecule has 4 rings (SSSR count). The molecule has 1 aliphatic heterocycles. The molecule has 0 radical (unpaired) electrons. The molecule has 1 aliphatic rings. The maximum absolute atomic E-state index is 14.1. The molecule has 1 amide bonds. The van der Waals surface area contributed by atoms with Crippen LogP contribution in [0.2, 0.25) is 10.0 Å². The van der Waals surface area contributed by atoms with Gasteiger partial charge in [-0.15, -0.1) is 0 Å². The maximum Gasteiger partial charge on any atom is 0.271 e. The quantitative estimate of drug-likeness (QED) is 0.302. The lowest BCUT2D eigenvalue weighted by molar-refractivity contribution is -0.384. The molecular formula is C25H22Cl2FN3O4. The Morgan fingerprint density at radius 2 is 1.71 bits per heavy atom. The van der Waals surface area contributed by atoms with E-state index in [1.54, 1.807) is 41.3 Å². The van der Waals surface area contributed by atoms with E-state index in [0.29, 0.717) is 54.6 Å². The fourth-order valence-electron chi connectivity index (χ4n) is 3.82. The third-order valence-electron chi connectivity index (χ3n) is 5.82. The van der Waals surface area contributed by atoms with Gasteiger partial charge in [0.2, 0.25) is 0 Å². The highest BCUT2D eigenvalue weighted by Gasteiger charge is 2.23. The number of amides is 1. The number of non-ortho nitro benzene ring substituents is 1. The van der Waals surface area contributed by atoms with Crippen LogP contribution in [0.3, 0.4) is 0 Å². The Morgan fingerprint density at radius 3 is 2.34 bits per heavy atom. The Labute approximate surface area is 211 Å². The number of carbonyl (C=O) groups is 1. The molecule has 1 fully saturated rings. The van der Waals surface area contributed by atoms with E-state index in [4.69, 9.17) is 27.9 Å². The van der Waals surface area contributed by atoms with E-state index < -0.39 is 4.92 Å². The van der Waals surface area contributed by atoms with Crippen molar-refractivity contribution in [1.29, 1.82) is 0 Å². The first-order chi connectivity index (χ1) is 16.8. The SMILES string of the molecule is O=C(c1ccc(COc2ccc([N+](=O)[O-])cc2Cl)cc1)N1CCN(Cc2c(F)cccc2Cl)CC1. The van der Waals surface area contributed by atoms with Crippen molar-refractivity contribution >= 4 is 34.8 Å². The summed E-state index contributed by atoms with van der Waals surface area (Å²) in [5.74, 6) is -0.0534. The summed E-state index contributed by atoms with van der Waals surface area (Å²) in [5, 5.41) is 11.4. The molecule has 0 N–H and O–H groups in total. The molecule has 3 aromatic carbocycles. The summed E-state index contributed by atoms with van der Waals surface area (Å²) >= 11 is 12.2. The van der Waals surface area contributed by atoms with Crippen molar-refractivity contribution < 1.29 is 18.8 Å². The molecule has 0 unspecified atom stereocenters. The van der Waals surface area contributed by atoms with Crippen LogP contribution in [0, 0.1) is 15.9 Å². The third-order valence-corrected chi connectivity index (χ3v) is 6.47. The van der Waals surface area contributed by atoms with Gasteiger partial charge in [0.15, 0.2) is 0 Å². The second kappa shape index (κ2) is 11.0. The second-order valence-electron chi connectivity index (χ2n) is 8.13. The van der Waals surface area contributed by atoms with Crippen LogP contribution in [-0.2, 0) is 13.2 Å². The Balaban J connectivity index is 1.29. The molecule has 0 atom stereocenters. The predicted octanol–water partition coefficient (Wildman–Crippen LogP) is 5.58. The number of benzene rings is 3. The number of ether oxygens (including phenoxy) is 1. The van der Waals surface area contributed by atoms with Gasteiger partial charge >= 0.3 is 0 Å². The largest absolute Gasteiger partial charge is 0.487 e. The predicted molar refractivity (Wildman–Crippen MR) is 131 cm³/mol. The highest BCUT2D eigenvalue weighted by Crippen LogP contribution is 2.29. The molecule has 3 aromatic rings. The van der Waals surface area contributed by atoms with Gasteiger partial charge in [-0.25, -0.2) is 4.39 Å². The Morgan fingerprint density at radius 1 is 1.00 bits per heavy atom. The minimum Gasteiger partial charge on any atom is -0.487 e. The number of nitrogens with zero attached hydrogens (tertiary/aromatic N) is 3. The van der Waals surface area contributed by atoms with E-state index in [2.05, 4.69) is 4.90 Å². The van der Waals surface area contributed by atoms with Crippen molar-refractivity contribution in [3.63, 3.8) is 0 Å². The highest BCUT2D eigenvalue weighted by molar-refractivity contribution is 6.32. The van der Waals surface area contributed by atoms with Gasteiger partial charge in [-0.05, 0) is 35.9 Å². The van der Waals surface area contributed by atoms with Crippen LogP contribution < -0.4 is 4.74 Å². The van der Waals surface area contributed by atoms with Crippen LogP contribution in [0.25, 0.3) is 0 Å². The number of nitro groups is 1. The molecule has 0 bridgehead atoms. The Hall–Kier alpha value is -3.20. The van der Waals surface area contributed by atoms with E-state index in [1.165, 1.54) is 24.3 Å². The van der Waals surface area contributed by atoms with Crippen LogP contribution in [0.1, 0.15) is 21.5 Å². The molecule has 7 nitrogen and oxygen atoms in total. The van der Waals surface area contributed by atoms with Crippen molar-refractivity contribution in [2.45, 2.75) is 13.2 Å². The van der Waals surface area contributed by atoms with Gasteiger partial charge in [0.25, 0.3) is 11.6 Å². The van der Waals surface area contributed by atoms with Crippen molar-refractivity contribution in [2.24, 2.45) is 0 Å². The Kier molecular flexibility index (Phi) is 7.85. The average Bonchev–Trinajstić information content (AvgIpc) is 2.86. The number of piperazine rings is 1. The molecule has 1 heterocycles. The van der Waals surface area contributed by atoms with E-state index in [0.717, 1.165) is 5.56 Å². The standard InChI is InChI=1S/C25H22Cl2FN3O4/c26-21-2-1-3-23(28)20(21)15-29-10-12-30(13-11-29)25(32)18-6-4-17(5-7-18)16-35-24-9-8-19(31(33)34)14-22(24)27/h1-9,14H,10-13,15-16H2. The van der Waals surface area contributed by atoms with Crippen molar-refractivity contribution in [3.8, 4) is 5.75 Å². The molecule has 35 heavy (non-hydrogen) atoms. The van der Waals surface area contributed by atoms with E-state index in [9.17, 15) is 19.3 Å². The lowest BCUT2D eigenvalue weighted by Gasteiger charge is -2.35. The van der Waals surface area contributed by atoms with Crippen LogP contribution >= 0.6 is 23.2 Å². The van der Waals surface area contributed by atoms with Gasteiger partial charge < -0.3 is 9.64 Å². The minimum atomic E-state index is -0.524. The molecule has 0 spiro atoms. The lowest BCUT2D eigenvalue weighted by atomic mass is 10.1. The zero-order valence-electron chi connectivity index (χ0n) is 18.6. The topological polar surface area (TPSA) is 75.9 Å². The number of nitro benzene ring substituents is 1. The van der Waals surface area contributed by atoms with Gasteiger partial charge in [-0.3, -0.25) is 19.8 Å². The molecule has 10 heteroatoms. The average molecular weight is 518 g/mol. The number of rotatable bonds is 7. The highest BCUT2D eigenvalue weighted by atomic mass is 35.5. The number of carbonyl (C=O) groups excluding carboxylic acids is 1. The Bertz CT molecular complexity index is 1210. The van der Waals surface area contributed by atoms with Gasteiger partial charge in [-0.1, -0.05) is 41.4 Å². The molecular weight excluding hydrogens is 496 g/mol. The summed E-state index contributed by atoms with van der Waals surface area (Å²) < 4.78 is 19.7. The van der Waals surface area contributed by atoms with Crippen LogP contribution in [0.5, 0.6) is 5.75 Å². The molecule has 0 aromatic heterocycles. The summed E-state index contributed by atoms with van der Waals surface area (Å²) in [6.45, 7) is 2.92. The van der Waals surface area contributed by atoms with E-state index >= 15 is 0 Å². The molecule has 0 saturated carbocycles. The molecule has 1 saturated heterocycles. The van der Waals surface area contributed by atoms with Gasteiger partial charge in [0.05, 0.1) is 9.95 Å². The monoisotopic (exact) mass is 517 g/mol. The van der Waals surface area contributed by atoms with E-state index in [1.807, 2.05) is 0 Å². The van der Waals surface area contributed by atoms with Gasteiger partial charge in [0, 0.05) is 61.0 Å². The zero-order chi connectivity index (χ0) is 24.9. The van der Waals surface area contributed by atoms with Crippen molar-refractivity contribution in [1.82, 2.24) is 9.80 Å². The number of hydrogen-bond donors (Lipinski definition) is 0. The van der Waals surface area contributed by atoms with Gasteiger partial charge in [0.1, 0.15) is 18.2 Å². The smallest absolute Gasteiger partial charge is 0.271 e. The van der Waals surface area contributed by atoms with Gasteiger partial charge in [-0.2, -0.15) is 0 Å². The fourth-order valence-corrected chi connectivity index (χ4v) is 4.28. The first-order valence-electron chi connectivity index (χ1n) is 10.9. The zero-order valence-corrected chi connectivity index (χ0v) is 20.1. The minimum absolute atomic E-state index is 0.0699. The fraction of sp³-hybridized carbons (Fsp3) is 0.240. The summed E-state index contributed by atoms with van der Waals surface area (Å²) in [6, 6.07) is 15.8. The molecule has 182 valence electrons. The van der Waals surface area contributed by atoms with Crippen LogP contribution in [0.15, 0.2) is 60.7 Å². The summed E-state index contributed by atoms with van der Waals surface area (Å²) in [7, 11) is 0. The summed E-state index contributed by atoms with van der Waals surface area (Å²) in [6.07, 6.45) is 0.